The summed E-state index contributed by atoms with van der Waals surface area (Å²) < 4.78 is 23.4. The number of ether oxygens (including phenoxy) is 1. The summed E-state index contributed by atoms with van der Waals surface area (Å²) in [4.78, 5) is 32.0. The summed E-state index contributed by atoms with van der Waals surface area (Å²) in [6, 6.07) is 5.64. The van der Waals surface area contributed by atoms with Gasteiger partial charge in [0, 0.05) is 30.9 Å². The highest BCUT2D eigenvalue weighted by Gasteiger charge is 2.32. The van der Waals surface area contributed by atoms with Gasteiger partial charge in [0.2, 0.25) is 0 Å². The molecule has 0 spiro atoms. The molecule has 1 aliphatic heterocycles. The van der Waals surface area contributed by atoms with Crippen molar-refractivity contribution in [3.63, 3.8) is 0 Å². The van der Waals surface area contributed by atoms with Crippen molar-refractivity contribution in [1.29, 1.82) is 0 Å². The molecule has 0 saturated carbocycles. The molecule has 7 nitrogen and oxygen atoms in total. The van der Waals surface area contributed by atoms with Crippen molar-refractivity contribution < 1.29 is 13.9 Å². The third kappa shape index (κ3) is 4.02. The minimum atomic E-state index is -0.514. The van der Waals surface area contributed by atoms with Crippen LogP contribution >= 0.6 is 11.6 Å². The lowest BCUT2D eigenvalue weighted by molar-refractivity contribution is 0.0587. The zero-order valence-corrected chi connectivity index (χ0v) is 19.1. The number of amides is 1. The number of carbonyl (C=O) groups excluding carboxylic acids is 1. The fourth-order valence-corrected chi connectivity index (χ4v) is 4.04. The molecule has 1 aromatic carbocycles. The molecule has 0 bridgehead atoms. The van der Waals surface area contributed by atoms with E-state index in [1.807, 2.05) is 27.7 Å². The Morgan fingerprint density at radius 1 is 1.28 bits per heavy atom. The van der Waals surface area contributed by atoms with Crippen molar-refractivity contribution >= 4 is 17.5 Å². The maximum absolute atomic E-state index is 14.6. The zero-order chi connectivity index (χ0) is 23.2. The molecule has 0 saturated heterocycles. The van der Waals surface area contributed by atoms with Crippen LogP contribution in [0.4, 0.5) is 4.39 Å². The van der Waals surface area contributed by atoms with Crippen LogP contribution in [0, 0.1) is 12.7 Å². The van der Waals surface area contributed by atoms with Crippen LogP contribution in [0.5, 0.6) is 5.75 Å². The zero-order valence-electron chi connectivity index (χ0n) is 18.3. The monoisotopic (exact) mass is 458 g/mol. The predicted octanol–water partition coefficient (Wildman–Crippen LogP) is 3.97. The fourth-order valence-electron chi connectivity index (χ4n) is 3.84. The van der Waals surface area contributed by atoms with Gasteiger partial charge in [-0.15, -0.1) is 0 Å². The van der Waals surface area contributed by atoms with Crippen LogP contribution < -0.4 is 10.3 Å². The molecule has 4 rings (SSSR count). The van der Waals surface area contributed by atoms with E-state index in [2.05, 4.69) is 4.98 Å². The first-order valence-electron chi connectivity index (χ1n) is 10.4. The molecular weight excluding hydrogens is 435 g/mol. The van der Waals surface area contributed by atoms with Gasteiger partial charge in [-0.2, -0.15) is 0 Å². The number of halogens is 2. The maximum Gasteiger partial charge on any atom is 0.275 e. The number of hydrogen-bond donors (Lipinski definition) is 0. The Hall–Kier alpha value is -3.13. The number of aryl methyl sites for hydroxylation is 1. The Morgan fingerprint density at radius 3 is 2.69 bits per heavy atom. The number of pyridine rings is 1. The van der Waals surface area contributed by atoms with E-state index in [9.17, 15) is 14.0 Å². The molecule has 1 amide bonds. The molecule has 0 N–H and O–H groups in total. The molecule has 2 aromatic heterocycles. The molecule has 0 aliphatic carbocycles. The Bertz CT molecular complexity index is 1250. The summed E-state index contributed by atoms with van der Waals surface area (Å²) in [5, 5.41) is 0.178. The van der Waals surface area contributed by atoms with Gasteiger partial charge >= 0.3 is 0 Å². The van der Waals surface area contributed by atoms with Gasteiger partial charge in [0.15, 0.2) is 0 Å². The molecule has 0 fully saturated rings. The minimum absolute atomic E-state index is 0.0358. The van der Waals surface area contributed by atoms with Crippen molar-refractivity contribution in [1.82, 2.24) is 19.0 Å². The van der Waals surface area contributed by atoms with Gasteiger partial charge in [-0.1, -0.05) is 11.6 Å². The van der Waals surface area contributed by atoms with Crippen molar-refractivity contribution in [2.75, 3.05) is 0 Å². The Balaban J connectivity index is 1.67. The second-order valence-corrected chi connectivity index (χ2v) is 8.67. The molecule has 0 radical (unpaired) electrons. The van der Waals surface area contributed by atoms with Crippen molar-refractivity contribution in [3.05, 3.63) is 74.9 Å². The molecule has 3 aromatic rings. The highest BCUT2D eigenvalue weighted by atomic mass is 35.5. The quantitative estimate of drug-likeness (QED) is 0.580. The Morgan fingerprint density at radius 2 is 2.03 bits per heavy atom. The number of benzene rings is 1. The van der Waals surface area contributed by atoms with Crippen LogP contribution in [0.3, 0.4) is 0 Å². The minimum Gasteiger partial charge on any atom is -0.489 e. The average Bonchev–Trinajstić information content (AvgIpc) is 3.15. The Kier molecular flexibility index (Phi) is 5.81. The predicted molar refractivity (Wildman–Crippen MR) is 119 cm³/mol. The lowest BCUT2D eigenvalue weighted by Gasteiger charge is -2.35. The van der Waals surface area contributed by atoms with E-state index in [0.717, 1.165) is 5.69 Å². The second-order valence-electron chi connectivity index (χ2n) is 8.26. The average molecular weight is 459 g/mol. The molecule has 1 atom stereocenters. The molecule has 0 unspecified atom stereocenters. The standard InChI is InChI=1S/C23H24ClFN4O3/c1-13(2)32-21-7-16(18(25)8-17(21)24)11-28-15(4)10-29-20(23(28)31)6-5-19(22(29)30)27-9-14(3)26-12-27/h5-9,12-13,15H,10-11H2,1-4H3/t15-/m1/s1. The van der Waals surface area contributed by atoms with Crippen molar-refractivity contribution in [2.45, 2.75) is 52.9 Å². The number of hydrogen-bond acceptors (Lipinski definition) is 4. The highest BCUT2D eigenvalue weighted by Crippen LogP contribution is 2.30. The van der Waals surface area contributed by atoms with Gasteiger partial charge in [0.1, 0.15) is 22.9 Å². The van der Waals surface area contributed by atoms with Crippen LogP contribution in [-0.4, -0.2) is 37.1 Å². The summed E-state index contributed by atoms with van der Waals surface area (Å²) in [5.74, 6) is -0.484. The van der Waals surface area contributed by atoms with Gasteiger partial charge in [0.25, 0.3) is 11.5 Å². The number of fused-ring (bicyclic) bond motifs is 1. The summed E-state index contributed by atoms with van der Waals surface area (Å²) in [7, 11) is 0. The van der Waals surface area contributed by atoms with Gasteiger partial charge < -0.3 is 18.8 Å². The van der Waals surface area contributed by atoms with Crippen LogP contribution in [0.2, 0.25) is 5.02 Å². The first-order valence-corrected chi connectivity index (χ1v) is 10.7. The number of carbonyl (C=O) groups is 1. The lowest BCUT2D eigenvalue weighted by Crippen LogP contribution is -2.49. The van der Waals surface area contributed by atoms with Gasteiger partial charge in [-0.3, -0.25) is 9.59 Å². The third-order valence-corrected chi connectivity index (χ3v) is 5.70. The molecule has 3 heterocycles. The molecular formula is C23H24ClFN4O3. The van der Waals surface area contributed by atoms with E-state index in [4.69, 9.17) is 16.3 Å². The van der Waals surface area contributed by atoms with E-state index in [1.54, 1.807) is 34.1 Å². The SMILES string of the molecule is Cc1cn(-c2ccc3n(c2=O)C[C@@H](C)N(Cc2cc(OC(C)C)c(Cl)cc2F)C3=O)cn1. The van der Waals surface area contributed by atoms with E-state index < -0.39 is 5.82 Å². The van der Waals surface area contributed by atoms with E-state index in [0.29, 0.717) is 23.5 Å². The summed E-state index contributed by atoms with van der Waals surface area (Å²) in [6.07, 6.45) is 3.19. The fraction of sp³-hybridized carbons (Fsp3) is 0.348. The van der Waals surface area contributed by atoms with Gasteiger partial charge in [0.05, 0.1) is 23.1 Å². The summed E-state index contributed by atoms with van der Waals surface area (Å²) >= 11 is 6.11. The van der Waals surface area contributed by atoms with Crippen LogP contribution in [-0.2, 0) is 13.1 Å². The Labute approximate surface area is 190 Å². The molecule has 9 heteroatoms. The van der Waals surface area contributed by atoms with Gasteiger partial charge in [-0.25, -0.2) is 9.37 Å². The number of imidazole rings is 1. The molecule has 1 aliphatic rings. The number of aromatic nitrogens is 3. The van der Waals surface area contributed by atoms with E-state index >= 15 is 0 Å². The van der Waals surface area contributed by atoms with Crippen LogP contribution in [0.15, 0.2) is 41.6 Å². The topological polar surface area (TPSA) is 69.4 Å². The highest BCUT2D eigenvalue weighted by molar-refractivity contribution is 6.32. The van der Waals surface area contributed by atoms with Crippen LogP contribution in [0.25, 0.3) is 5.69 Å². The summed E-state index contributed by atoms with van der Waals surface area (Å²) in [5.41, 5.74) is 1.49. The maximum atomic E-state index is 14.6. The first kappa shape index (κ1) is 22.1. The third-order valence-electron chi connectivity index (χ3n) is 5.41. The second kappa shape index (κ2) is 8.43. The van der Waals surface area contributed by atoms with Crippen molar-refractivity contribution in [2.24, 2.45) is 0 Å². The first-order chi connectivity index (χ1) is 15.2. The number of nitrogens with zero attached hydrogens (tertiary/aromatic N) is 4. The lowest BCUT2D eigenvalue weighted by atomic mass is 10.1. The molecule has 32 heavy (non-hydrogen) atoms. The largest absolute Gasteiger partial charge is 0.489 e. The normalized spacial score (nSPS) is 15.9. The van der Waals surface area contributed by atoms with Crippen LogP contribution in [0.1, 0.15) is 42.5 Å². The smallest absolute Gasteiger partial charge is 0.275 e. The molecule has 168 valence electrons. The van der Waals surface area contributed by atoms with Crippen molar-refractivity contribution in [3.8, 4) is 11.4 Å². The summed E-state index contributed by atoms with van der Waals surface area (Å²) in [6.45, 7) is 7.71. The van der Waals surface area contributed by atoms with E-state index in [1.165, 1.54) is 16.7 Å². The number of rotatable bonds is 5. The van der Waals surface area contributed by atoms with E-state index in [-0.39, 0.29) is 40.9 Å². The van der Waals surface area contributed by atoms with Gasteiger partial charge in [-0.05, 0) is 52.0 Å².